The molecular formula is C14H20Cl3FN2O. The van der Waals surface area contributed by atoms with Gasteiger partial charge in [0.15, 0.2) is 0 Å². The molecule has 1 heterocycles. The van der Waals surface area contributed by atoms with Crippen molar-refractivity contribution in [1.29, 1.82) is 0 Å². The first-order valence-electron chi connectivity index (χ1n) is 6.37. The van der Waals surface area contributed by atoms with Crippen LogP contribution in [0.2, 0.25) is 5.02 Å². The van der Waals surface area contributed by atoms with Gasteiger partial charge in [0.25, 0.3) is 0 Å². The van der Waals surface area contributed by atoms with Crippen molar-refractivity contribution >= 4 is 36.4 Å². The Kier molecular flexibility index (Phi) is 9.25. The summed E-state index contributed by atoms with van der Waals surface area (Å²) in [6.07, 6.45) is 2.50. The molecule has 0 aliphatic carbocycles. The van der Waals surface area contributed by atoms with Crippen molar-refractivity contribution in [3.8, 4) is 5.75 Å². The van der Waals surface area contributed by atoms with E-state index in [2.05, 4.69) is 16.8 Å². The van der Waals surface area contributed by atoms with Gasteiger partial charge in [-0.2, -0.15) is 0 Å². The molecule has 0 unspecified atom stereocenters. The summed E-state index contributed by atoms with van der Waals surface area (Å²) in [7, 11) is 0. The molecule has 1 aliphatic rings. The summed E-state index contributed by atoms with van der Waals surface area (Å²) >= 11 is 5.78. The van der Waals surface area contributed by atoms with E-state index in [1.54, 1.807) is 6.07 Å². The average Bonchev–Trinajstić information content (AvgIpc) is 2.44. The summed E-state index contributed by atoms with van der Waals surface area (Å²) < 4.78 is 13.3. The first-order valence-corrected chi connectivity index (χ1v) is 6.75. The Balaban J connectivity index is 0.00000200. The van der Waals surface area contributed by atoms with Crippen molar-refractivity contribution < 1.29 is 9.50 Å². The lowest BCUT2D eigenvalue weighted by atomic mass is 10.00. The first kappa shape index (κ1) is 20.5. The smallest absolute Gasteiger partial charge is 0.145 e. The van der Waals surface area contributed by atoms with E-state index in [1.165, 1.54) is 6.07 Å². The second-order valence-electron chi connectivity index (χ2n) is 4.63. The lowest BCUT2D eigenvalue weighted by molar-refractivity contribution is 0.172. The van der Waals surface area contributed by atoms with E-state index in [1.807, 2.05) is 6.08 Å². The summed E-state index contributed by atoms with van der Waals surface area (Å²) in [5, 5.41) is 13.1. The van der Waals surface area contributed by atoms with E-state index >= 15 is 0 Å². The number of rotatable bonds is 4. The number of aromatic hydroxyl groups is 1. The van der Waals surface area contributed by atoms with Gasteiger partial charge in [-0.1, -0.05) is 23.7 Å². The zero-order valence-electron chi connectivity index (χ0n) is 11.5. The van der Waals surface area contributed by atoms with Gasteiger partial charge in [-0.05, 0) is 12.5 Å². The Bertz CT molecular complexity index is 468. The van der Waals surface area contributed by atoms with Gasteiger partial charge in [-0.15, -0.1) is 31.4 Å². The van der Waals surface area contributed by atoms with E-state index in [0.29, 0.717) is 12.0 Å². The molecule has 0 spiro atoms. The van der Waals surface area contributed by atoms with Crippen LogP contribution < -0.4 is 5.32 Å². The van der Waals surface area contributed by atoms with Crippen LogP contribution in [0.4, 0.5) is 4.39 Å². The van der Waals surface area contributed by atoms with Gasteiger partial charge in [0, 0.05) is 37.8 Å². The minimum Gasteiger partial charge on any atom is -0.506 e. The molecule has 2 rings (SSSR count). The largest absolute Gasteiger partial charge is 0.506 e. The molecule has 0 radical (unpaired) electrons. The Hall–Kier alpha value is -0.520. The summed E-state index contributed by atoms with van der Waals surface area (Å²) in [5.41, 5.74) is 0.660. The van der Waals surface area contributed by atoms with Crippen LogP contribution in [0, 0.1) is 5.82 Å². The molecule has 0 saturated carbocycles. The second kappa shape index (κ2) is 9.49. The fourth-order valence-electron chi connectivity index (χ4n) is 2.45. The van der Waals surface area contributed by atoms with Crippen LogP contribution in [-0.4, -0.2) is 36.2 Å². The minimum atomic E-state index is -0.597. The predicted molar refractivity (Wildman–Crippen MR) is 89.6 cm³/mol. The molecule has 21 heavy (non-hydrogen) atoms. The summed E-state index contributed by atoms with van der Waals surface area (Å²) in [5.74, 6) is -0.757. The monoisotopic (exact) mass is 356 g/mol. The van der Waals surface area contributed by atoms with E-state index in [-0.39, 0.29) is 41.6 Å². The minimum absolute atomic E-state index is 0. The van der Waals surface area contributed by atoms with Crippen molar-refractivity contribution in [3.63, 3.8) is 0 Å². The normalized spacial score (nSPS) is 16.5. The Morgan fingerprint density at radius 2 is 2.00 bits per heavy atom. The van der Waals surface area contributed by atoms with Crippen LogP contribution >= 0.6 is 36.4 Å². The van der Waals surface area contributed by atoms with Crippen molar-refractivity contribution in [2.45, 2.75) is 12.5 Å². The van der Waals surface area contributed by atoms with Crippen molar-refractivity contribution in [1.82, 2.24) is 10.2 Å². The average molecular weight is 358 g/mol. The van der Waals surface area contributed by atoms with Gasteiger partial charge < -0.3 is 10.4 Å². The number of phenols is 1. The molecule has 1 aromatic rings. The van der Waals surface area contributed by atoms with Gasteiger partial charge in [0.2, 0.25) is 0 Å². The molecule has 3 nitrogen and oxygen atoms in total. The molecule has 2 N–H and O–H groups in total. The van der Waals surface area contributed by atoms with E-state index in [0.717, 1.165) is 26.2 Å². The number of phenolic OH excluding ortho intramolecular Hbond substituents is 1. The highest BCUT2D eigenvalue weighted by atomic mass is 35.5. The molecule has 1 fully saturated rings. The number of nitrogens with one attached hydrogen (secondary N) is 1. The summed E-state index contributed by atoms with van der Waals surface area (Å²) in [4.78, 5) is 2.25. The number of nitrogens with zero attached hydrogens (tertiary/aromatic N) is 1. The fourth-order valence-corrected chi connectivity index (χ4v) is 2.62. The van der Waals surface area contributed by atoms with Crippen LogP contribution in [0.5, 0.6) is 5.75 Å². The Morgan fingerprint density at radius 3 is 2.57 bits per heavy atom. The second-order valence-corrected chi connectivity index (χ2v) is 5.00. The van der Waals surface area contributed by atoms with Crippen LogP contribution in [0.3, 0.4) is 0 Å². The van der Waals surface area contributed by atoms with Gasteiger partial charge in [-0.3, -0.25) is 4.90 Å². The Labute approximate surface area is 142 Å². The molecular weight excluding hydrogens is 338 g/mol. The molecule has 0 amide bonds. The number of piperazine rings is 1. The lowest BCUT2D eigenvalue weighted by Gasteiger charge is -2.35. The third-order valence-electron chi connectivity index (χ3n) is 3.44. The van der Waals surface area contributed by atoms with Gasteiger partial charge >= 0.3 is 0 Å². The van der Waals surface area contributed by atoms with Crippen LogP contribution in [-0.2, 0) is 0 Å². The van der Waals surface area contributed by atoms with Crippen LogP contribution in [0.25, 0.3) is 0 Å². The number of benzene rings is 1. The summed E-state index contributed by atoms with van der Waals surface area (Å²) in [6.45, 7) is 7.34. The van der Waals surface area contributed by atoms with Crippen LogP contribution in [0.1, 0.15) is 18.0 Å². The first-order chi connectivity index (χ1) is 9.15. The zero-order valence-corrected chi connectivity index (χ0v) is 13.9. The molecule has 7 heteroatoms. The highest BCUT2D eigenvalue weighted by Gasteiger charge is 2.25. The molecule has 1 aliphatic heterocycles. The van der Waals surface area contributed by atoms with Crippen LogP contribution in [0.15, 0.2) is 24.8 Å². The van der Waals surface area contributed by atoms with Gasteiger partial charge in [0.05, 0.1) is 0 Å². The van der Waals surface area contributed by atoms with E-state index in [4.69, 9.17) is 11.6 Å². The third kappa shape index (κ3) is 4.73. The third-order valence-corrected chi connectivity index (χ3v) is 3.80. The molecule has 1 aromatic carbocycles. The quantitative estimate of drug-likeness (QED) is 0.809. The number of hydrogen-bond acceptors (Lipinski definition) is 3. The highest BCUT2D eigenvalue weighted by molar-refractivity contribution is 6.32. The molecule has 1 saturated heterocycles. The maximum atomic E-state index is 13.3. The van der Waals surface area contributed by atoms with Gasteiger partial charge in [0.1, 0.15) is 16.6 Å². The fraction of sp³-hybridized carbons (Fsp3) is 0.429. The molecule has 120 valence electrons. The van der Waals surface area contributed by atoms with E-state index < -0.39 is 5.82 Å². The van der Waals surface area contributed by atoms with Crippen molar-refractivity contribution in [3.05, 3.63) is 41.2 Å². The molecule has 0 aromatic heterocycles. The topological polar surface area (TPSA) is 35.5 Å². The molecule has 1 atom stereocenters. The lowest BCUT2D eigenvalue weighted by Crippen LogP contribution is -2.45. The zero-order chi connectivity index (χ0) is 13.8. The molecule has 0 bridgehead atoms. The maximum absolute atomic E-state index is 13.3. The van der Waals surface area contributed by atoms with E-state index in [9.17, 15) is 9.50 Å². The number of hydrogen-bond donors (Lipinski definition) is 2. The van der Waals surface area contributed by atoms with Gasteiger partial charge in [-0.25, -0.2) is 4.39 Å². The van der Waals surface area contributed by atoms with Crippen molar-refractivity contribution in [2.24, 2.45) is 0 Å². The Morgan fingerprint density at radius 1 is 1.38 bits per heavy atom. The SMILES string of the molecule is C=CC[C@H](c1ccc(F)c(Cl)c1O)N1CCNCC1.Cl.Cl. The standard InChI is InChI=1S/C14H18ClFN2O.2ClH/c1-2-3-12(18-8-6-17-7-9-18)10-4-5-11(16)13(15)14(10)19;;/h2,4-5,12,17,19H,1,3,6-9H2;2*1H/t12-;;/m1../s1. The predicted octanol–water partition coefficient (Wildman–Crippen LogP) is 3.55. The van der Waals surface area contributed by atoms with Crippen molar-refractivity contribution in [2.75, 3.05) is 26.2 Å². The number of halogens is 4. The highest BCUT2D eigenvalue weighted by Crippen LogP contribution is 2.37. The maximum Gasteiger partial charge on any atom is 0.145 e. The summed E-state index contributed by atoms with van der Waals surface area (Å²) in [6, 6.07) is 2.89.